The third-order valence-corrected chi connectivity index (χ3v) is 5.57. The average Bonchev–Trinajstić information content (AvgIpc) is 3.19. The SMILES string of the molecule is COc1ccc(C(NC(=O)CSc2nncn2-c2cccc(Cl)c2)C(C)C)cc1. The second kappa shape index (κ2) is 9.80. The highest BCUT2D eigenvalue weighted by atomic mass is 35.5. The van der Waals surface area contributed by atoms with Gasteiger partial charge in [0.15, 0.2) is 5.16 Å². The molecule has 0 aliphatic rings. The quantitative estimate of drug-likeness (QED) is 0.531. The Morgan fingerprint density at radius 2 is 2.00 bits per heavy atom. The van der Waals surface area contributed by atoms with Gasteiger partial charge in [-0.15, -0.1) is 10.2 Å². The van der Waals surface area contributed by atoms with Gasteiger partial charge in [0.25, 0.3) is 0 Å². The normalized spacial score (nSPS) is 12.0. The van der Waals surface area contributed by atoms with Gasteiger partial charge in [-0.2, -0.15) is 0 Å². The molecular formula is C21H23ClN4O2S. The number of hydrogen-bond donors (Lipinski definition) is 1. The maximum absolute atomic E-state index is 12.6. The van der Waals surface area contributed by atoms with Crippen LogP contribution in [-0.4, -0.2) is 33.5 Å². The highest BCUT2D eigenvalue weighted by molar-refractivity contribution is 7.99. The van der Waals surface area contributed by atoms with Crippen molar-refractivity contribution >= 4 is 29.3 Å². The van der Waals surface area contributed by atoms with Gasteiger partial charge >= 0.3 is 0 Å². The molecule has 3 rings (SSSR count). The Kier molecular flexibility index (Phi) is 7.17. The largest absolute Gasteiger partial charge is 0.497 e. The van der Waals surface area contributed by atoms with Crippen LogP contribution in [0.3, 0.4) is 0 Å². The highest BCUT2D eigenvalue weighted by Gasteiger charge is 2.19. The minimum Gasteiger partial charge on any atom is -0.497 e. The number of carbonyl (C=O) groups is 1. The molecule has 6 nitrogen and oxygen atoms in total. The van der Waals surface area contributed by atoms with Gasteiger partial charge in [-0.25, -0.2) is 0 Å². The molecule has 2 aromatic carbocycles. The van der Waals surface area contributed by atoms with Gasteiger partial charge in [0.1, 0.15) is 12.1 Å². The zero-order chi connectivity index (χ0) is 20.8. The molecule has 1 amide bonds. The lowest BCUT2D eigenvalue weighted by atomic mass is 9.96. The van der Waals surface area contributed by atoms with Crippen molar-refractivity contribution in [3.05, 3.63) is 65.4 Å². The summed E-state index contributed by atoms with van der Waals surface area (Å²) in [5, 5.41) is 12.5. The number of thioether (sulfide) groups is 1. The molecule has 0 aliphatic heterocycles. The van der Waals surface area contributed by atoms with Crippen LogP contribution in [0, 0.1) is 5.92 Å². The maximum Gasteiger partial charge on any atom is 0.230 e. The smallest absolute Gasteiger partial charge is 0.230 e. The molecule has 8 heteroatoms. The molecular weight excluding hydrogens is 408 g/mol. The third-order valence-electron chi connectivity index (χ3n) is 4.39. The number of hydrogen-bond acceptors (Lipinski definition) is 5. The van der Waals surface area contributed by atoms with Crippen molar-refractivity contribution in [3.63, 3.8) is 0 Å². The molecule has 0 saturated carbocycles. The second-order valence-electron chi connectivity index (χ2n) is 6.81. The minimum absolute atomic E-state index is 0.0647. The van der Waals surface area contributed by atoms with Gasteiger partial charge in [0, 0.05) is 5.02 Å². The molecule has 0 fully saturated rings. The topological polar surface area (TPSA) is 69.0 Å². The molecule has 1 aromatic heterocycles. The maximum atomic E-state index is 12.6. The van der Waals surface area contributed by atoms with E-state index in [0.717, 1.165) is 17.0 Å². The predicted octanol–water partition coefficient (Wildman–Crippen LogP) is 4.53. The number of methoxy groups -OCH3 is 1. The standard InChI is InChI=1S/C21H23ClN4O2S/c1-14(2)20(15-7-9-18(28-3)10-8-15)24-19(27)12-29-21-25-23-13-26(21)17-6-4-5-16(22)11-17/h4-11,13-14,20H,12H2,1-3H3,(H,24,27). The van der Waals surface area contributed by atoms with E-state index in [-0.39, 0.29) is 23.6 Å². The Morgan fingerprint density at radius 1 is 1.24 bits per heavy atom. The average molecular weight is 431 g/mol. The molecule has 0 bridgehead atoms. The molecule has 152 valence electrons. The summed E-state index contributed by atoms with van der Waals surface area (Å²) in [7, 11) is 1.63. The van der Waals surface area contributed by atoms with E-state index >= 15 is 0 Å². The lowest BCUT2D eigenvalue weighted by Gasteiger charge is -2.23. The van der Waals surface area contributed by atoms with E-state index in [1.807, 2.05) is 47.0 Å². The van der Waals surface area contributed by atoms with E-state index in [1.165, 1.54) is 11.8 Å². The third kappa shape index (κ3) is 5.52. The van der Waals surface area contributed by atoms with Crippen molar-refractivity contribution in [2.75, 3.05) is 12.9 Å². The number of carbonyl (C=O) groups excluding carboxylic acids is 1. The summed E-state index contributed by atoms with van der Waals surface area (Å²) in [5.41, 5.74) is 1.89. The van der Waals surface area contributed by atoms with Crippen molar-refractivity contribution in [1.29, 1.82) is 0 Å². The van der Waals surface area contributed by atoms with Crippen LogP contribution >= 0.6 is 23.4 Å². The zero-order valence-electron chi connectivity index (χ0n) is 16.5. The summed E-state index contributed by atoms with van der Waals surface area (Å²) < 4.78 is 7.02. The molecule has 1 heterocycles. The number of nitrogens with zero attached hydrogens (tertiary/aromatic N) is 3. The van der Waals surface area contributed by atoms with Crippen LogP contribution in [-0.2, 0) is 4.79 Å². The zero-order valence-corrected chi connectivity index (χ0v) is 18.1. The number of benzene rings is 2. The fourth-order valence-electron chi connectivity index (χ4n) is 2.92. The highest BCUT2D eigenvalue weighted by Crippen LogP contribution is 2.25. The lowest BCUT2D eigenvalue weighted by Crippen LogP contribution is -2.33. The number of rotatable bonds is 8. The molecule has 0 radical (unpaired) electrons. The lowest BCUT2D eigenvalue weighted by molar-refractivity contribution is -0.119. The van der Waals surface area contributed by atoms with Gasteiger partial charge < -0.3 is 10.1 Å². The van der Waals surface area contributed by atoms with E-state index in [2.05, 4.69) is 29.4 Å². The second-order valence-corrected chi connectivity index (χ2v) is 8.19. The summed E-state index contributed by atoms with van der Waals surface area (Å²) in [6, 6.07) is 15.1. The van der Waals surface area contributed by atoms with Crippen LogP contribution in [0.15, 0.2) is 60.0 Å². The van der Waals surface area contributed by atoms with Crippen molar-refractivity contribution in [2.45, 2.75) is 25.0 Å². The number of amides is 1. The Morgan fingerprint density at radius 3 is 2.66 bits per heavy atom. The molecule has 1 N–H and O–H groups in total. The van der Waals surface area contributed by atoms with Crippen LogP contribution in [0.1, 0.15) is 25.5 Å². The van der Waals surface area contributed by atoms with Gasteiger partial charge in [0.2, 0.25) is 5.91 Å². The van der Waals surface area contributed by atoms with Gasteiger partial charge in [-0.1, -0.05) is 55.4 Å². The van der Waals surface area contributed by atoms with Crippen molar-refractivity contribution in [3.8, 4) is 11.4 Å². The predicted molar refractivity (Wildman–Crippen MR) is 116 cm³/mol. The molecule has 1 unspecified atom stereocenters. The van der Waals surface area contributed by atoms with Crippen LogP contribution in [0.5, 0.6) is 5.75 Å². The van der Waals surface area contributed by atoms with E-state index < -0.39 is 0 Å². The van der Waals surface area contributed by atoms with Gasteiger partial charge in [-0.3, -0.25) is 9.36 Å². The molecule has 0 spiro atoms. The first-order chi connectivity index (χ1) is 14.0. The Labute approximate surface area is 179 Å². The number of nitrogens with one attached hydrogen (secondary N) is 1. The molecule has 1 atom stereocenters. The van der Waals surface area contributed by atoms with Gasteiger partial charge in [-0.05, 0) is 41.8 Å². The Balaban J connectivity index is 1.65. The number of aromatic nitrogens is 3. The summed E-state index contributed by atoms with van der Waals surface area (Å²) in [6.45, 7) is 4.16. The van der Waals surface area contributed by atoms with Crippen LogP contribution in [0.4, 0.5) is 0 Å². The van der Waals surface area contributed by atoms with Crippen LogP contribution in [0.2, 0.25) is 5.02 Å². The van der Waals surface area contributed by atoms with Crippen LogP contribution in [0.25, 0.3) is 5.69 Å². The summed E-state index contributed by atoms with van der Waals surface area (Å²) in [6.07, 6.45) is 1.61. The fourth-order valence-corrected chi connectivity index (χ4v) is 3.84. The first-order valence-electron chi connectivity index (χ1n) is 9.20. The van der Waals surface area contributed by atoms with Crippen molar-refractivity contribution in [1.82, 2.24) is 20.1 Å². The summed E-state index contributed by atoms with van der Waals surface area (Å²) >= 11 is 7.40. The van der Waals surface area contributed by atoms with Crippen LogP contribution < -0.4 is 10.1 Å². The molecule has 0 aliphatic carbocycles. The summed E-state index contributed by atoms with van der Waals surface area (Å²) in [5.74, 6) is 1.20. The first kappa shape index (κ1) is 21.2. The van der Waals surface area contributed by atoms with E-state index in [0.29, 0.717) is 10.2 Å². The monoisotopic (exact) mass is 430 g/mol. The van der Waals surface area contributed by atoms with E-state index in [9.17, 15) is 4.79 Å². The van der Waals surface area contributed by atoms with E-state index in [1.54, 1.807) is 19.5 Å². The Bertz CT molecular complexity index is 959. The molecule has 29 heavy (non-hydrogen) atoms. The first-order valence-corrected chi connectivity index (χ1v) is 10.6. The fraction of sp³-hybridized carbons (Fsp3) is 0.286. The Hall–Kier alpha value is -2.51. The van der Waals surface area contributed by atoms with Crippen molar-refractivity contribution < 1.29 is 9.53 Å². The number of ether oxygens (including phenoxy) is 1. The minimum atomic E-state index is -0.0835. The summed E-state index contributed by atoms with van der Waals surface area (Å²) in [4.78, 5) is 12.6. The van der Waals surface area contributed by atoms with E-state index in [4.69, 9.17) is 16.3 Å². The van der Waals surface area contributed by atoms with Gasteiger partial charge in [0.05, 0.1) is 24.6 Å². The number of halogens is 1. The van der Waals surface area contributed by atoms with Crippen molar-refractivity contribution in [2.24, 2.45) is 5.92 Å². The molecule has 3 aromatic rings. The molecule has 0 saturated heterocycles.